The smallest absolute Gasteiger partial charge is 0.256 e. The van der Waals surface area contributed by atoms with E-state index in [2.05, 4.69) is 24.1 Å². The van der Waals surface area contributed by atoms with Crippen molar-refractivity contribution in [3.8, 4) is 0 Å². The van der Waals surface area contributed by atoms with Gasteiger partial charge in [-0.1, -0.05) is 43.6 Å². The highest BCUT2D eigenvalue weighted by Crippen LogP contribution is 2.16. The Balaban J connectivity index is 2.11. The molecule has 3 nitrogen and oxygen atoms in total. The third-order valence-electron chi connectivity index (χ3n) is 2.80. The number of amides is 1. The summed E-state index contributed by atoms with van der Waals surface area (Å²) in [5.74, 6) is 0.710. The van der Waals surface area contributed by atoms with Crippen LogP contribution >= 0.6 is 11.6 Å². The van der Waals surface area contributed by atoms with Crippen molar-refractivity contribution in [2.24, 2.45) is 0 Å². The van der Waals surface area contributed by atoms with Gasteiger partial charge in [-0.15, -0.1) is 0 Å². The molecule has 0 aliphatic rings. The molecule has 0 saturated carbocycles. The number of carbonyl (C=O) groups excluding carboxylic acids is 1. The molecule has 0 fully saturated rings. The van der Waals surface area contributed by atoms with Gasteiger partial charge in [0.15, 0.2) is 0 Å². The van der Waals surface area contributed by atoms with Crippen molar-refractivity contribution in [2.45, 2.75) is 19.8 Å². The lowest BCUT2D eigenvalue weighted by Crippen LogP contribution is -2.12. The van der Waals surface area contributed by atoms with Crippen molar-refractivity contribution in [3.63, 3.8) is 0 Å². The third kappa shape index (κ3) is 3.55. The summed E-state index contributed by atoms with van der Waals surface area (Å²) in [5.41, 5.74) is 1.81. The second-order valence-corrected chi connectivity index (χ2v) is 4.96. The Hall–Kier alpha value is -1.87. The summed E-state index contributed by atoms with van der Waals surface area (Å²) in [5, 5.41) is 3.07. The number of rotatable bonds is 3. The van der Waals surface area contributed by atoms with Gasteiger partial charge in [-0.25, -0.2) is 4.98 Å². The van der Waals surface area contributed by atoms with Crippen LogP contribution in [0.4, 0.5) is 5.82 Å². The summed E-state index contributed by atoms with van der Waals surface area (Å²) in [7, 11) is 0. The topological polar surface area (TPSA) is 42.0 Å². The number of hydrogen-bond acceptors (Lipinski definition) is 2. The molecule has 2 aromatic rings. The van der Waals surface area contributed by atoms with Crippen molar-refractivity contribution in [3.05, 3.63) is 58.7 Å². The maximum atomic E-state index is 12.0. The van der Waals surface area contributed by atoms with Crippen LogP contribution in [0.25, 0.3) is 0 Å². The largest absolute Gasteiger partial charge is 0.307 e. The molecule has 4 heteroatoms. The summed E-state index contributed by atoms with van der Waals surface area (Å²) in [4.78, 5) is 16.0. The van der Waals surface area contributed by atoms with E-state index < -0.39 is 0 Å². The SMILES string of the molecule is CC(C)c1ccc(C(=O)Nc2cccc(Cl)n2)cc1. The Morgan fingerprint density at radius 2 is 1.84 bits per heavy atom. The Labute approximate surface area is 117 Å². The van der Waals surface area contributed by atoms with Crippen LogP contribution in [0, 0.1) is 0 Å². The van der Waals surface area contributed by atoms with Gasteiger partial charge in [0.05, 0.1) is 0 Å². The van der Waals surface area contributed by atoms with Crippen molar-refractivity contribution >= 4 is 23.3 Å². The fraction of sp³-hybridized carbons (Fsp3) is 0.200. The molecule has 0 saturated heterocycles. The molecule has 0 spiro atoms. The van der Waals surface area contributed by atoms with E-state index in [1.54, 1.807) is 18.2 Å². The Morgan fingerprint density at radius 3 is 2.42 bits per heavy atom. The van der Waals surface area contributed by atoms with E-state index in [1.807, 2.05) is 24.3 Å². The van der Waals surface area contributed by atoms with Gasteiger partial charge in [0.1, 0.15) is 11.0 Å². The fourth-order valence-electron chi connectivity index (χ4n) is 1.69. The van der Waals surface area contributed by atoms with Crippen LogP contribution in [-0.4, -0.2) is 10.9 Å². The minimum absolute atomic E-state index is 0.190. The van der Waals surface area contributed by atoms with Crippen LogP contribution in [0.1, 0.15) is 35.7 Å². The molecule has 1 heterocycles. The molecule has 0 unspecified atom stereocenters. The predicted molar refractivity (Wildman–Crippen MR) is 77.7 cm³/mol. The summed E-state index contributed by atoms with van der Waals surface area (Å²) >= 11 is 5.77. The Morgan fingerprint density at radius 1 is 1.16 bits per heavy atom. The zero-order valence-corrected chi connectivity index (χ0v) is 11.6. The first-order valence-electron chi connectivity index (χ1n) is 6.10. The minimum Gasteiger partial charge on any atom is -0.307 e. The van der Waals surface area contributed by atoms with Gasteiger partial charge in [-0.05, 0) is 35.7 Å². The number of halogens is 1. The van der Waals surface area contributed by atoms with Crippen LogP contribution in [0.3, 0.4) is 0 Å². The van der Waals surface area contributed by atoms with E-state index in [-0.39, 0.29) is 5.91 Å². The van der Waals surface area contributed by atoms with Gasteiger partial charge in [0.2, 0.25) is 0 Å². The number of anilines is 1. The molecule has 98 valence electrons. The molecule has 19 heavy (non-hydrogen) atoms. The highest BCUT2D eigenvalue weighted by molar-refractivity contribution is 6.29. The maximum absolute atomic E-state index is 12.0. The molecule has 2 rings (SSSR count). The van der Waals surface area contributed by atoms with E-state index in [9.17, 15) is 4.79 Å². The van der Waals surface area contributed by atoms with E-state index in [4.69, 9.17) is 11.6 Å². The van der Waals surface area contributed by atoms with E-state index >= 15 is 0 Å². The lowest BCUT2D eigenvalue weighted by atomic mass is 10.0. The van der Waals surface area contributed by atoms with Crippen LogP contribution in [0.2, 0.25) is 5.15 Å². The minimum atomic E-state index is -0.190. The summed E-state index contributed by atoms with van der Waals surface area (Å²) in [6.45, 7) is 4.23. The van der Waals surface area contributed by atoms with E-state index in [0.29, 0.717) is 22.5 Å². The second-order valence-electron chi connectivity index (χ2n) is 4.58. The molecule has 1 aromatic carbocycles. The molecule has 0 bridgehead atoms. The predicted octanol–water partition coefficient (Wildman–Crippen LogP) is 4.11. The lowest BCUT2D eigenvalue weighted by Gasteiger charge is -2.07. The van der Waals surface area contributed by atoms with Crippen molar-refractivity contribution in [1.82, 2.24) is 4.98 Å². The molecule has 0 aliphatic heterocycles. The van der Waals surface area contributed by atoms with Gasteiger partial charge >= 0.3 is 0 Å². The number of hydrogen-bond donors (Lipinski definition) is 1. The number of aromatic nitrogens is 1. The molecule has 1 N–H and O–H groups in total. The highest BCUT2D eigenvalue weighted by atomic mass is 35.5. The van der Waals surface area contributed by atoms with E-state index in [0.717, 1.165) is 0 Å². The van der Waals surface area contributed by atoms with Crippen molar-refractivity contribution in [2.75, 3.05) is 5.32 Å². The first-order valence-corrected chi connectivity index (χ1v) is 6.48. The quantitative estimate of drug-likeness (QED) is 0.856. The first kappa shape index (κ1) is 13.6. The van der Waals surface area contributed by atoms with Gasteiger partial charge in [-0.3, -0.25) is 4.79 Å². The average molecular weight is 275 g/mol. The third-order valence-corrected chi connectivity index (χ3v) is 3.01. The number of nitrogens with zero attached hydrogens (tertiary/aromatic N) is 1. The zero-order chi connectivity index (χ0) is 13.8. The van der Waals surface area contributed by atoms with Crippen LogP contribution in [0.15, 0.2) is 42.5 Å². The van der Waals surface area contributed by atoms with Gasteiger partial charge in [-0.2, -0.15) is 0 Å². The fourth-order valence-corrected chi connectivity index (χ4v) is 1.85. The van der Waals surface area contributed by atoms with Crippen LogP contribution in [-0.2, 0) is 0 Å². The zero-order valence-electron chi connectivity index (χ0n) is 10.9. The summed E-state index contributed by atoms with van der Waals surface area (Å²) < 4.78 is 0. The monoisotopic (exact) mass is 274 g/mol. The van der Waals surface area contributed by atoms with E-state index in [1.165, 1.54) is 5.56 Å². The number of nitrogens with one attached hydrogen (secondary N) is 1. The Kier molecular flexibility index (Phi) is 4.17. The van der Waals surface area contributed by atoms with Crippen molar-refractivity contribution in [1.29, 1.82) is 0 Å². The van der Waals surface area contributed by atoms with Gasteiger partial charge < -0.3 is 5.32 Å². The molecule has 0 aliphatic carbocycles. The van der Waals surface area contributed by atoms with Gasteiger partial charge in [0, 0.05) is 5.56 Å². The maximum Gasteiger partial charge on any atom is 0.256 e. The lowest BCUT2D eigenvalue weighted by molar-refractivity contribution is 0.102. The Bertz CT molecular complexity index is 579. The summed E-state index contributed by atoms with van der Waals surface area (Å²) in [6, 6.07) is 12.7. The average Bonchev–Trinajstić information content (AvgIpc) is 2.39. The molecule has 1 aromatic heterocycles. The molecule has 0 atom stereocenters. The summed E-state index contributed by atoms with van der Waals surface area (Å²) in [6.07, 6.45) is 0. The molecular weight excluding hydrogens is 260 g/mol. The molecular formula is C15H15ClN2O. The van der Waals surface area contributed by atoms with Crippen LogP contribution in [0.5, 0.6) is 0 Å². The second kappa shape index (κ2) is 5.85. The van der Waals surface area contributed by atoms with Crippen molar-refractivity contribution < 1.29 is 4.79 Å². The standard InChI is InChI=1S/C15H15ClN2O/c1-10(2)11-6-8-12(9-7-11)15(19)18-14-5-3-4-13(16)17-14/h3-10H,1-2H3,(H,17,18,19). The van der Waals surface area contributed by atoms with Gasteiger partial charge in [0.25, 0.3) is 5.91 Å². The molecule has 1 amide bonds. The van der Waals surface area contributed by atoms with Crippen LogP contribution < -0.4 is 5.32 Å². The number of benzene rings is 1. The highest BCUT2D eigenvalue weighted by Gasteiger charge is 2.07. The molecule has 0 radical (unpaired) electrons. The first-order chi connectivity index (χ1) is 9.06. The number of pyridine rings is 1. The normalized spacial score (nSPS) is 10.5. The number of carbonyl (C=O) groups is 1.